The van der Waals surface area contributed by atoms with Crippen LogP contribution in [0.15, 0.2) is 0 Å². The topological polar surface area (TPSA) is 49.3 Å². The first-order valence-electron chi connectivity index (χ1n) is 7.14. The fourth-order valence-corrected chi connectivity index (χ4v) is 2.62. The summed E-state index contributed by atoms with van der Waals surface area (Å²) in [7, 11) is 0. The maximum atomic E-state index is 11.8. The van der Waals surface area contributed by atoms with E-state index in [1.165, 1.54) is 19.3 Å². The molecule has 0 radical (unpaired) electrons. The normalized spacial score (nSPS) is 18.9. The molecule has 1 aliphatic rings. The van der Waals surface area contributed by atoms with Gasteiger partial charge in [0.2, 0.25) is 5.91 Å². The molecule has 1 fully saturated rings. The smallest absolute Gasteiger partial charge is 0.220 e. The summed E-state index contributed by atoms with van der Waals surface area (Å²) in [6.07, 6.45) is 10.5. The maximum absolute atomic E-state index is 11.8. The third-order valence-electron chi connectivity index (χ3n) is 3.78. The second-order valence-electron chi connectivity index (χ2n) is 5.36. The number of carbonyl (C=O) groups excluding carboxylic acids is 1. The Labute approximate surface area is 105 Å². The Hall–Kier alpha value is -0.570. The summed E-state index contributed by atoms with van der Waals surface area (Å²) in [5.41, 5.74) is -0.305. The van der Waals surface area contributed by atoms with E-state index in [2.05, 4.69) is 12.2 Å². The highest BCUT2D eigenvalue weighted by Crippen LogP contribution is 2.27. The van der Waals surface area contributed by atoms with Crippen LogP contribution in [-0.2, 0) is 4.79 Å². The van der Waals surface area contributed by atoms with Crippen LogP contribution in [0.2, 0.25) is 0 Å². The van der Waals surface area contributed by atoms with Gasteiger partial charge in [0, 0.05) is 6.42 Å². The highest BCUT2D eigenvalue weighted by molar-refractivity contribution is 5.76. The molecule has 0 aliphatic heterocycles. The van der Waals surface area contributed by atoms with Crippen LogP contribution < -0.4 is 5.32 Å². The van der Waals surface area contributed by atoms with Gasteiger partial charge in [0.15, 0.2) is 0 Å². The molecule has 100 valence electrons. The Morgan fingerprint density at radius 3 is 2.47 bits per heavy atom. The zero-order valence-corrected chi connectivity index (χ0v) is 11.1. The Morgan fingerprint density at radius 2 is 1.88 bits per heavy atom. The quantitative estimate of drug-likeness (QED) is 0.673. The van der Waals surface area contributed by atoms with Crippen molar-refractivity contribution in [1.82, 2.24) is 5.32 Å². The minimum absolute atomic E-state index is 0.0910. The number of nitrogens with one attached hydrogen (secondary N) is 1. The second-order valence-corrected chi connectivity index (χ2v) is 5.36. The van der Waals surface area contributed by atoms with Crippen LogP contribution in [0.3, 0.4) is 0 Å². The first-order valence-corrected chi connectivity index (χ1v) is 7.14. The predicted molar refractivity (Wildman–Crippen MR) is 69.8 cm³/mol. The number of hydrogen-bond acceptors (Lipinski definition) is 2. The van der Waals surface area contributed by atoms with E-state index >= 15 is 0 Å². The van der Waals surface area contributed by atoms with Gasteiger partial charge in [0.25, 0.3) is 0 Å². The second kappa shape index (κ2) is 7.70. The van der Waals surface area contributed by atoms with Crippen molar-refractivity contribution < 1.29 is 9.90 Å². The number of aliphatic hydroxyl groups excluding tert-OH is 1. The third-order valence-corrected chi connectivity index (χ3v) is 3.78. The molecule has 17 heavy (non-hydrogen) atoms. The molecule has 1 aliphatic carbocycles. The number of rotatable bonds is 7. The van der Waals surface area contributed by atoms with E-state index in [4.69, 9.17) is 0 Å². The van der Waals surface area contributed by atoms with Crippen molar-refractivity contribution in [3.63, 3.8) is 0 Å². The van der Waals surface area contributed by atoms with Crippen molar-refractivity contribution in [1.29, 1.82) is 0 Å². The van der Waals surface area contributed by atoms with Crippen molar-refractivity contribution in [2.24, 2.45) is 0 Å². The highest BCUT2D eigenvalue weighted by atomic mass is 16.3. The van der Waals surface area contributed by atoms with Crippen molar-refractivity contribution >= 4 is 5.91 Å². The van der Waals surface area contributed by atoms with Gasteiger partial charge in [-0.3, -0.25) is 4.79 Å². The van der Waals surface area contributed by atoms with Gasteiger partial charge in [0.05, 0.1) is 12.1 Å². The van der Waals surface area contributed by atoms with Gasteiger partial charge in [-0.2, -0.15) is 0 Å². The number of unbranched alkanes of at least 4 members (excludes halogenated alkanes) is 3. The summed E-state index contributed by atoms with van der Waals surface area (Å²) in [5.74, 6) is 0.122. The Morgan fingerprint density at radius 1 is 1.18 bits per heavy atom. The summed E-state index contributed by atoms with van der Waals surface area (Å²) < 4.78 is 0. The third kappa shape index (κ3) is 5.07. The van der Waals surface area contributed by atoms with E-state index in [0.29, 0.717) is 6.42 Å². The van der Waals surface area contributed by atoms with Crippen LogP contribution in [-0.4, -0.2) is 23.2 Å². The van der Waals surface area contributed by atoms with Crippen molar-refractivity contribution in [2.45, 2.75) is 76.7 Å². The van der Waals surface area contributed by atoms with Crippen LogP contribution in [0.1, 0.15) is 71.1 Å². The zero-order valence-electron chi connectivity index (χ0n) is 11.1. The van der Waals surface area contributed by atoms with Gasteiger partial charge in [0.1, 0.15) is 0 Å². The summed E-state index contributed by atoms with van der Waals surface area (Å²) in [6, 6.07) is 0. The van der Waals surface area contributed by atoms with E-state index in [0.717, 1.165) is 38.5 Å². The maximum Gasteiger partial charge on any atom is 0.220 e. The average Bonchev–Trinajstić information content (AvgIpc) is 2.36. The Kier molecular flexibility index (Phi) is 6.56. The van der Waals surface area contributed by atoms with Gasteiger partial charge in [-0.25, -0.2) is 0 Å². The molecule has 0 saturated heterocycles. The van der Waals surface area contributed by atoms with Gasteiger partial charge in [-0.05, 0) is 19.3 Å². The van der Waals surface area contributed by atoms with Crippen molar-refractivity contribution in [2.75, 3.05) is 6.61 Å². The molecule has 0 bridgehead atoms. The van der Waals surface area contributed by atoms with Gasteiger partial charge >= 0.3 is 0 Å². The lowest BCUT2D eigenvalue weighted by molar-refractivity contribution is -0.124. The molecule has 1 rings (SSSR count). The van der Waals surface area contributed by atoms with Gasteiger partial charge in [-0.1, -0.05) is 45.4 Å². The number of aliphatic hydroxyl groups is 1. The van der Waals surface area contributed by atoms with Gasteiger partial charge < -0.3 is 10.4 Å². The molecule has 0 spiro atoms. The molecule has 2 N–H and O–H groups in total. The highest BCUT2D eigenvalue weighted by Gasteiger charge is 2.32. The number of hydrogen-bond donors (Lipinski definition) is 2. The lowest BCUT2D eigenvalue weighted by Gasteiger charge is -2.36. The average molecular weight is 241 g/mol. The molecule has 3 heteroatoms. The van der Waals surface area contributed by atoms with E-state index in [9.17, 15) is 9.90 Å². The van der Waals surface area contributed by atoms with E-state index in [1.54, 1.807) is 0 Å². The first-order chi connectivity index (χ1) is 8.22. The molecule has 0 aromatic heterocycles. The van der Waals surface area contributed by atoms with Crippen LogP contribution in [0.4, 0.5) is 0 Å². The summed E-state index contributed by atoms with van der Waals surface area (Å²) >= 11 is 0. The van der Waals surface area contributed by atoms with E-state index in [-0.39, 0.29) is 18.1 Å². The molecule has 0 aromatic rings. The number of carbonyl (C=O) groups is 1. The molecular weight excluding hydrogens is 214 g/mol. The molecule has 0 heterocycles. The van der Waals surface area contributed by atoms with Gasteiger partial charge in [-0.15, -0.1) is 0 Å². The van der Waals surface area contributed by atoms with Crippen molar-refractivity contribution in [3.8, 4) is 0 Å². The minimum Gasteiger partial charge on any atom is -0.394 e. The Bertz CT molecular complexity index is 222. The number of amides is 1. The van der Waals surface area contributed by atoms with Crippen LogP contribution >= 0.6 is 0 Å². The molecular formula is C14H27NO2. The SMILES string of the molecule is CCCCCCC(=O)NC1(CO)CCCCC1. The Balaban J connectivity index is 2.27. The minimum atomic E-state index is -0.305. The first kappa shape index (κ1) is 14.5. The summed E-state index contributed by atoms with van der Waals surface area (Å²) in [6.45, 7) is 2.26. The van der Waals surface area contributed by atoms with E-state index < -0.39 is 0 Å². The summed E-state index contributed by atoms with van der Waals surface area (Å²) in [4.78, 5) is 11.8. The lowest BCUT2D eigenvalue weighted by Crippen LogP contribution is -2.52. The lowest BCUT2D eigenvalue weighted by atomic mass is 9.82. The van der Waals surface area contributed by atoms with E-state index in [1.807, 2.05) is 0 Å². The fraction of sp³-hybridized carbons (Fsp3) is 0.929. The van der Waals surface area contributed by atoms with Crippen LogP contribution in [0.5, 0.6) is 0 Å². The fourth-order valence-electron chi connectivity index (χ4n) is 2.62. The zero-order chi connectivity index (χ0) is 12.6. The largest absolute Gasteiger partial charge is 0.394 e. The van der Waals surface area contributed by atoms with Crippen LogP contribution in [0.25, 0.3) is 0 Å². The molecule has 0 atom stereocenters. The molecule has 0 unspecified atom stereocenters. The summed E-state index contributed by atoms with van der Waals surface area (Å²) in [5, 5.41) is 12.6. The molecule has 1 amide bonds. The molecule has 1 saturated carbocycles. The van der Waals surface area contributed by atoms with Crippen LogP contribution in [0, 0.1) is 0 Å². The molecule has 0 aromatic carbocycles. The monoisotopic (exact) mass is 241 g/mol. The predicted octanol–water partition coefficient (Wildman–Crippen LogP) is 2.77. The standard InChI is InChI=1S/C14H27NO2/c1-2-3-4-6-9-13(17)15-14(12-16)10-7-5-8-11-14/h16H,2-12H2,1H3,(H,15,17). The van der Waals surface area contributed by atoms with Crippen molar-refractivity contribution in [3.05, 3.63) is 0 Å². The molecule has 3 nitrogen and oxygen atoms in total.